The minimum absolute atomic E-state index is 0.289. The summed E-state index contributed by atoms with van der Waals surface area (Å²) in [4.78, 5) is 24.1. The van der Waals surface area contributed by atoms with Crippen LogP contribution in [-0.4, -0.2) is 11.8 Å². The third-order valence-corrected chi connectivity index (χ3v) is 2.51. The first-order chi connectivity index (χ1) is 8.08. The van der Waals surface area contributed by atoms with Gasteiger partial charge in [0.1, 0.15) is 0 Å². The molecule has 3 heteroatoms. The van der Waals surface area contributed by atoms with E-state index < -0.39 is 0 Å². The zero-order valence-electron chi connectivity index (χ0n) is 9.64. The number of hydrogen-bond donors (Lipinski definition) is 0. The van der Waals surface area contributed by atoms with Gasteiger partial charge >= 0.3 is 0 Å². The van der Waals surface area contributed by atoms with Gasteiger partial charge in [-0.05, 0) is 31.0 Å². The van der Waals surface area contributed by atoms with Crippen LogP contribution in [0, 0.1) is 0 Å². The standard InChI is InChI=1S/C14H13NO2/c1-10(2)9-11-3-5-12(6-4-11)15-13(16)7-8-14(15)17/h3-8H,1,9H2,2H3. The van der Waals surface area contributed by atoms with Gasteiger partial charge in [-0.3, -0.25) is 9.59 Å². The maximum atomic E-state index is 11.5. The summed E-state index contributed by atoms with van der Waals surface area (Å²) in [7, 11) is 0. The fourth-order valence-corrected chi connectivity index (χ4v) is 1.77. The third-order valence-electron chi connectivity index (χ3n) is 2.51. The van der Waals surface area contributed by atoms with E-state index in [4.69, 9.17) is 0 Å². The van der Waals surface area contributed by atoms with E-state index in [-0.39, 0.29) is 11.8 Å². The van der Waals surface area contributed by atoms with Crippen molar-refractivity contribution in [3.05, 3.63) is 54.1 Å². The Morgan fingerprint density at radius 1 is 1.12 bits per heavy atom. The van der Waals surface area contributed by atoms with Crippen LogP contribution in [-0.2, 0) is 16.0 Å². The zero-order chi connectivity index (χ0) is 12.4. The molecule has 2 amide bonds. The first-order valence-corrected chi connectivity index (χ1v) is 5.37. The molecule has 86 valence electrons. The molecule has 0 radical (unpaired) electrons. The molecule has 1 aromatic carbocycles. The second-order valence-electron chi connectivity index (χ2n) is 4.15. The van der Waals surface area contributed by atoms with Gasteiger partial charge in [-0.25, -0.2) is 4.90 Å². The second kappa shape index (κ2) is 4.37. The molecule has 0 bridgehead atoms. The largest absolute Gasteiger partial charge is 0.269 e. The summed E-state index contributed by atoms with van der Waals surface area (Å²) in [5, 5.41) is 0. The molecule has 17 heavy (non-hydrogen) atoms. The van der Waals surface area contributed by atoms with Gasteiger partial charge in [0.15, 0.2) is 0 Å². The van der Waals surface area contributed by atoms with E-state index in [1.807, 2.05) is 19.1 Å². The Morgan fingerprint density at radius 3 is 2.12 bits per heavy atom. The van der Waals surface area contributed by atoms with Crippen molar-refractivity contribution in [2.45, 2.75) is 13.3 Å². The van der Waals surface area contributed by atoms with Crippen LogP contribution in [0.2, 0.25) is 0 Å². The van der Waals surface area contributed by atoms with E-state index in [0.717, 1.165) is 22.5 Å². The number of rotatable bonds is 3. The number of imide groups is 1. The SMILES string of the molecule is C=C(C)Cc1ccc(N2C(=O)C=CC2=O)cc1. The first-order valence-electron chi connectivity index (χ1n) is 5.37. The summed E-state index contributed by atoms with van der Waals surface area (Å²) >= 11 is 0. The smallest absolute Gasteiger partial charge is 0.258 e. The highest BCUT2D eigenvalue weighted by molar-refractivity contribution is 6.28. The molecular formula is C14H13NO2. The van der Waals surface area contributed by atoms with Crippen LogP contribution in [0.1, 0.15) is 12.5 Å². The summed E-state index contributed by atoms with van der Waals surface area (Å²) < 4.78 is 0. The lowest BCUT2D eigenvalue weighted by Crippen LogP contribution is -2.29. The highest BCUT2D eigenvalue weighted by Crippen LogP contribution is 2.20. The maximum Gasteiger partial charge on any atom is 0.258 e. The number of anilines is 1. The van der Waals surface area contributed by atoms with Gasteiger partial charge in [-0.15, -0.1) is 0 Å². The van der Waals surface area contributed by atoms with Crippen molar-refractivity contribution in [1.29, 1.82) is 0 Å². The zero-order valence-corrected chi connectivity index (χ0v) is 9.64. The molecule has 0 aromatic heterocycles. The average Bonchev–Trinajstić information content (AvgIpc) is 2.59. The Kier molecular flexibility index (Phi) is 2.91. The van der Waals surface area contributed by atoms with Crippen molar-refractivity contribution in [3.8, 4) is 0 Å². The molecule has 0 atom stereocenters. The molecule has 0 saturated heterocycles. The van der Waals surface area contributed by atoms with Crippen molar-refractivity contribution in [1.82, 2.24) is 0 Å². The van der Waals surface area contributed by atoms with E-state index in [1.54, 1.807) is 12.1 Å². The molecule has 1 heterocycles. The van der Waals surface area contributed by atoms with Crippen LogP contribution in [0.3, 0.4) is 0 Å². The number of carbonyl (C=O) groups excluding carboxylic acids is 2. The monoisotopic (exact) mass is 227 g/mol. The summed E-state index contributed by atoms with van der Waals surface area (Å²) in [6, 6.07) is 7.37. The van der Waals surface area contributed by atoms with Crippen LogP contribution in [0.4, 0.5) is 5.69 Å². The summed E-state index contributed by atoms with van der Waals surface area (Å²) in [6.45, 7) is 5.81. The number of amides is 2. The van der Waals surface area contributed by atoms with E-state index in [2.05, 4.69) is 6.58 Å². The molecule has 1 aliphatic heterocycles. The van der Waals surface area contributed by atoms with Crippen LogP contribution >= 0.6 is 0 Å². The normalized spacial score (nSPS) is 14.5. The molecule has 0 unspecified atom stereocenters. The number of benzene rings is 1. The molecule has 3 nitrogen and oxygen atoms in total. The molecule has 0 aliphatic carbocycles. The Labute approximate surface area is 100 Å². The van der Waals surface area contributed by atoms with Crippen molar-refractivity contribution >= 4 is 17.5 Å². The van der Waals surface area contributed by atoms with Crippen LogP contribution in [0.15, 0.2) is 48.6 Å². The van der Waals surface area contributed by atoms with Crippen LogP contribution < -0.4 is 4.90 Å². The molecule has 0 spiro atoms. The van der Waals surface area contributed by atoms with E-state index >= 15 is 0 Å². The Bertz CT molecular complexity index is 494. The van der Waals surface area contributed by atoms with E-state index in [1.165, 1.54) is 12.2 Å². The van der Waals surface area contributed by atoms with Gasteiger partial charge < -0.3 is 0 Å². The number of carbonyl (C=O) groups is 2. The lowest BCUT2D eigenvalue weighted by atomic mass is 10.1. The average molecular weight is 227 g/mol. The summed E-state index contributed by atoms with van der Waals surface area (Å²) in [5.41, 5.74) is 2.80. The van der Waals surface area contributed by atoms with Gasteiger partial charge in [0.25, 0.3) is 11.8 Å². The second-order valence-corrected chi connectivity index (χ2v) is 4.15. The lowest BCUT2D eigenvalue weighted by molar-refractivity contribution is -0.119. The minimum Gasteiger partial charge on any atom is -0.269 e. The molecular weight excluding hydrogens is 214 g/mol. The predicted octanol–water partition coefficient (Wildman–Crippen LogP) is 2.23. The predicted molar refractivity (Wildman–Crippen MR) is 66.6 cm³/mol. The Balaban J connectivity index is 2.21. The topological polar surface area (TPSA) is 37.4 Å². The highest BCUT2D eigenvalue weighted by Gasteiger charge is 2.24. The quantitative estimate of drug-likeness (QED) is 0.586. The van der Waals surface area contributed by atoms with Crippen molar-refractivity contribution in [2.24, 2.45) is 0 Å². The van der Waals surface area contributed by atoms with Crippen molar-refractivity contribution < 1.29 is 9.59 Å². The summed E-state index contributed by atoms with van der Waals surface area (Å²) in [6.07, 6.45) is 3.37. The molecule has 2 rings (SSSR count). The fourth-order valence-electron chi connectivity index (χ4n) is 1.77. The van der Waals surface area contributed by atoms with E-state index in [0.29, 0.717) is 5.69 Å². The molecule has 1 aliphatic rings. The Hall–Kier alpha value is -2.16. The highest BCUT2D eigenvalue weighted by atomic mass is 16.2. The fraction of sp³-hybridized carbons (Fsp3) is 0.143. The number of hydrogen-bond acceptors (Lipinski definition) is 2. The van der Waals surface area contributed by atoms with Gasteiger partial charge in [0.05, 0.1) is 5.69 Å². The maximum absolute atomic E-state index is 11.5. The number of nitrogens with zero attached hydrogens (tertiary/aromatic N) is 1. The van der Waals surface area contributed by atoms with Crippen molar-refractivity contribution in [3.63, 3.8) is 0 Å². The molecule has 0 N–H and O–H groups in total. The summed E-state index contributed by atoms with van der Waals surface area (Å²) in [5.74, 6) is -0.578. The number of allylic oxidation sites excluding steroid dienone is 1. The van der Waals surface area contributed by atoms with Gasteiger partial charge in [-0.1, -0.05) is 24.3 Å². The molecule has 1 aromatic rings. The van der Waals surface area contributed by atoms with Gasteiger partial charge in [-0.2, -0.15) is 0 Å². The van der Waals surface area contributed by atoms with E-state index in [9.17, 15) is 9.59 Å². The molecule has 0 fully saturated rings. The lowest BCUT2D eigenvalue weighted by Gasteiger charge is -2.14. The van der Waals surface area contributed by atoms with Gasteiger partial charge in [0, 0.05) is 12.2 Å². The third kappa shape index (κ3) is 2.33. The van der Waals surface area contributed by atoms with Crippen LogP contribution in [0.25, 0.3) is 0 Å². The molecule has 0 saturated carbocycles. The first kappa shape index (κ1) is 11.3. The minimum atomic E-state index is -0.289. The Morgan fingerprint density at radius 2 is 1.65 bits per heavy atom. The van der Waals surface area contributed by atoms with Gasteiger partial charge in [0.2, 0.25) is 0 Å². The van der Waals surface area contributed by atoms with Crippen LogP contribution in [0.5, 0.6) is 0 Å². The van der Waals surface area contributed by atoms with Crippen molar-refractivity contribution in [2.75, 3.05) is 4.90 Å².